The second kappa shape index (κ2) is 7.52. The topological polar surface area (TPSA) is 188 Å². The van der Waals surface area contributed by atoms with Gasteiger partial charge in [0.25, 0.3) is 0 Å². The van der Waals surface area contributed by atoms with Gasteiger partial charge >= 0.3 is 11.4 Å². The van der Waals surface area contributed by atoms with Crippen LogP contribution in [0, 0.1) is 27.2 Å². The molecule has 0 radical (unpaired) electrons. The van der Waals surface area contributed by atoms with E-state index in [9.17, 15) is 20.2 Å². The lowest BCUT2D eigenvalue weighted by molar-refractivity contribution is -0.382. The molecule has 5 aromatic rings. The Kier molecular flexibility index (Phi) is 4.51. The fourth-order valence-electron chi connectivity index (χ4n) is 3.38. The highest BCUT2D eigenvalue weighted by Gasteiger charge is 2.24. The van der Waals surface area contributed by atoms with Crippen LogP contribution in [-0.4, -0.2) is 30.5 Å². The summed E-state index contributed by atoms with van der Waals surface area (Å²) in [6.45, 7) is 1.81. The summed E-state index contributed by atoms with van der Waals surface area (Å²) in [4.78, 5) is 22.1. The van der Waals surface area contributed by atoms with Gasteiger partial charge in [-0.1, -0.05) is 6.07 Å². The maximum Gasteiger partial charge on any atom is 0.323 e. The smallest absolute Gasteiger partial charge is 0.323 e. The minimum atomic E-state index is -0.577. The van der Waals surface area contributed by atoms with E-state index in [1.807, 2.05) is 6.92 Å². The quantitative estimate of drug-likeness (QED) is 0.276. The van der Waals surface area contributed by atoms with Crippen molar-refractivity contribution >= 4 is 56.2 Å². The van der Waals surface area contributed by atoms with E-state index in [2.05, 4.69) is 40.5 Å². The van der Waals surface area contributed by atoms with Gasteiger partial charge in [-0.3, -0.25) is 20.2 Å². The molecule has 0 bridgehead atoms. The number of nitrogens with zero attached hydrogens (tertiary/aromatic N) is 6. The van der Waals surface area contributed by atoms with E-state index in [-0.39, 0.29) is 44.8 Å². The molecular formula is C19H12N8O6. The van der Waals surface area contributed by atoms with Crippen molar-refractivity contribution in [1.82, 2.24) is 20.6 Å². The third-order valence-corrected chi connectivity index (χ3v) is 4.95. The summed E-state index contributed by atoms with van der Waals surface area (Å²) in [6, 6.07) is 11.2. The number of hydrogen-bond donors (Lipinski definition) is 2. The molecule has 2 heterocycles. The van der Waals surface area contributed by atoms with Crippen LogP contribution in [0.4, 0.5) is 34.1 Å². The van der Waals surface area contributed by atoms with Crippen LogP contribution in [0.25, 0.3) is 22.1 Å². The Morgan fingerprint density at radius 1 is 0.727 bits per heavy atom. The molecule has 2 N–H and O–H groups in total. The van der Waals surface area contributed by atoms with Gasteiger partial charge in [-0.25, -0.2) is 9.26 Å². The number of nitro groups is 2. The highest BCUT2D eigenvalue weighted by molar-refractivity contribution is 5.93. The number of fused-ring (bicyclic) bond motifs is 2. The Labute approximate surface area is 182 Å². The predicted molar refractivity (Wildman–Crippen MR) is 115 cm³/mol. The molecule has 14 nitrogen and oxygen atoms in total. The fourth-order valence-corrected chi connectivity index (χ4v) is 3.38. The van der Waals surface area contributed by atoms with Gasteiger partial charge in [0.05, 0.1) is 9.85 Å². The summed E-state index contributed by atoms with van der Waals surface area (Å²) in [5.74, 6) is 0. The third kappa shape index (κ3) is 3.40. The van der Waals surface area contributed by atoms with E-state index >= 15 is 0 Å². The third-order valence-electron chi connectivity index (χ3n) is 4.95. The van der Waals surface area contributed by atoms with E-state index in [1.54, 1.807) is 30.3 Å². The maximum absolute atomic E-state index is 11.7. The lowest BCUT2D eigenvalue weighted by Gasteiger charge is -2.13. The lowest BCUT2D eigenvalue weighted by atomic mass is 10.1. The van der Waals surface area contributed by atoms with Crippen LogP contribution in [-0.2, 0) is 0 Å². The number of benzene rings is 3. The highest BCUT2D eigenvalue weighted by atomic mass is 16.6. The average Bonchev–Trinajstić information content (AvgIpc) is 3.44. The van der Waals surface area contributed by atoms with Crippen molar-refractivity contribution in [2.24, 2.45) is 0 Å². The van der Waals surface area contributed by atoms with Gasteiger partial charge < -0.3 is 10.6 Å². The zero-order chi connectivity index (χ0) is 23.1. The van der Waals surface area contributed by atoms with Gasteiger partial charge in [0, 0.05) is 11.4 Å². The standard InChI is InChI=1S/C19H12N8O6/c1-9-2-3-10(20-13-6-4-11-16(24-32-22-11)18(13)26(28)29)8-15(9)21-14-7-5-12-17(25-33-23-12)19(14)27(30)31/h2-8,20-21H,1H3. The number of aryl methyl sites for hydroxylation is 1. The van der Waals surface area contributed by atoms with Crippen LogP contribution in [0.3, 0.4) is 0 Å². The van der Waals surface area contributed by atoms with Crippen LogP contribution < -0.4 is 10.6 Å². The van der Waals surface area contributed by atoms with Gasteiger partial charge in [-0.05, 0) is 69.5 Å². The van der Waals surface area contributed by atoms with Crippen molar-refractivity contribution in [2.75, 3.05) is 10.6 Å². The molecule has 0 amide bonds. The summed E-state index contributed by atoms with van der Waals surface area (Å²) >= 11 is 0. The van der Waals surface area contributed by atoms with Gasteiger partial charge in [-0.2, -0.15) is 0 Å². The largest absolute Gasteiger partial charge is 0.350 e. The summed E-state index contributed by atoms with van der Waals surface area (Å²) < 4.78 is 9.22. The molecule has 164 valence electrons. The van der Waals surface area contributed by atoms with Crippen molar-refractivity contribution in [1.29, 1.82) is 0 Å². The molecule has 5 rings (SSSR count). The molecule has 0 aliphatic rings. The van der Waals surface area contributed by atoms with Crippen molar-refractivity contribution in [3.63, 3.8) is 0 Å². The number of aromatic nitrogens is 4. The Bertz CT molecular complexity index is 1560. The van der Waals surface area contributed by atoms with Crippen molar-refractivity contribution in [3.05, 3.63) is 68.3 Å². The second-order valence-electron chi connectivity index (χ2n) is 6.98. The predicted octanol–water partition coefficient (Wildman–Crippen LogP) is 4.37. The first-order valence-corrected chi connectivity index (χ1v) is 9.36. The average molecular weight is 448 g/mol. The van der Waals surface area contributed by atoms with Crippen LogP contribution in [0.15, 0.2) is 51.7 Å². The Morgan fingerprint density at radius 3 is 1.82 bits per heavy atom. The summed E-state index contributed by atoms with van der Waals surface area (Å²) in [5, 5.41) is 43.8. The van der Waals surface area contributed by atoms with E-state index in [4.69, 9.17) is 0 Å². The summed E-state index contributed by atoms with van der Waals surface area (Å²) in [7, 11) is 0. The first-order valence-electron chi connectivity index (χ1n) is 9.36. The number of anilines is 4. The molecule has 0 saturated carbocycles. The normalized spacial score (nSPS) is 11.1. The van der Waals surface area contributed by atoms with Crippen molar-refractivity contribution in [3.8, 4) is 0 Å². The molecule has 2 aromatic heterocycles. The molecule has 3 aromatic carbocycles. The van der Waals surface area contributed by atoms with Crippen LogP contribution >= 0.6 is 0 Å². The number of nitro benzene ring substituents is 2. The Hall–Kier alpha value is -5.14. The molecule has 33 heavy (non-hydrogen) atoms. The van der Waals surface area contributed by atoms with Gasteiger partial charge in [0.15, 0.2) is 0 Å². The van der Waals surface area contributed by atoms with E-state index in [0.717, 1.165) is 5.56 Å². The first-order chi connectivity index (χ1) is 15.9. The molecular weight excluding hydrogens is 436 g/mol. The molecule has 0 spiro atoms. The zero-order valence-electron chi connectivity index (χ0n) is 16.7. The molecule has 0 atom stereocenters. The molecule has 0 aliphatic carbocycles. The van der Waals surface area contributed by atoms with Gasteiger partial charge in [0.2, 0.25) is 11.0 Å². The van der Waals surface area contributed by atoms with Crippen molar-refractivity contribution in [2.45, 2.75) is 6.92 Å². The molecule has 0 fully saturated rings. The summed E-state index contributed by atoms with van der Waals surface area (Å²) in [5.41, 5.74) is 2.13. The van der Waals surface area contributed by atoms with E-state index in [1.165, 1.54) is 12.1 Å². The number of rotatable bonds is 6. The SMILES string of the molecule is Cc1ccc(Nc2ccc3nonc3c2[N+](=O)[O-])cc1Nc1ccc2nonc2c1[N+](=O)[O-]. The molecule has 0 aliphatic heterocycles. The highest BCUT2D eigenvalue weighted by Crippen LogP contribution is 2.37. The van der Waals surface area contributed by atoms with Crippen molar-refractivity contribution < 1.29 is 19.1 Å². The lowest BCUT2D eigenvalue weighted by Crippen LogP contribution is -2.01. The van der Waals surface area contributed by atoms with Crippen LogP contribution in [0.2, 0.25) is 0 Å². The molecule has 0 saturated heterocycles. The molecule has 0 unspecified atom stereocenters. The fraction of sp³-hybridized carbons (Fsp3) is 0.0526. The van der Waals surface area contributed by atoms with E-state index in [0.29, 0.717) is 11.4 Å². The second-order valence-corrected chi connectivity index (χ2v) is 6.98. The van der Waals surface area contributed by atoms with E-state index < -0.39 is 9.85 Å². The van der Waals surface area contributed by atoms with Gasteiger partial charge in [0.1, 0.15) is 22.4 Å². The minimum absolute atomic E-state index is 0.0145. The zero-order valence-corrected chi connectivity index (χ0v) is 16.7. The summed E-state index contributed by atoms with van der Waals surface area (Å²) in [6.07, 6.45) is 0. The number of nitrogens with one attached hydrogen (secondary N) is 2. The monoisotopic (exact) mass is 448 g/mol. The Morgan fingerprint density at radius 2 is 1.27 bits per heavy atom. The Balaban J connectivity index is 1.53. The van der Waals surface area contributed by atoms with Gasteiger partial charge in [-0.15, -0.1) is 0 Å². The van der Waals surface area contributed by atoms with Crippen LogP contribution in [0.5, 0.6) is 0 Å². The minimum Gasteiger partial charge on any atom is -0.350 e. The van der Waals surface area contributed by atoms with Crippen LogP contribution in [0.1, 0.15) is 5.56 Å². The molecule has 14 heteroatoms. The maximum atomic E-state index is 11.7. The number of hydrogen-bond acceptors (Lipinski definition) is 12. The first kappa shape index (κ1) is 19.8.